The number of rotatable bonds is 5. The number of thiophene rings is 1. The second-order valence-corrected chi connectivity index (χ2v) is 6.50. The summed E-state index contributed by atoms with van der Waals surface area (Å²) >= 11 is 1.81. The van der Waals surface area contributed by atoms with Crippen LogP contribution < -0.4 is 5.32 Å². The van der Waals surface area contributed by atoms with Gasteiger partial charge in [0.1, 0.15) is 0 Å². The number of anilines is 1. The van der Waals surface area contributed by atoms with Crippen LogP contribution in [-0.4, -0.2) is 4.57 Å². The van der Waals surface area contributed by atoms with Gasteiger partial charge in [-0.2, -0.15) is 0 Å². The zero-order valence-corrected chi connectivity index (χ0v) is 13.2. The van der Waals surface area contributed by atoms with E-state index in [1.165, 1.54) is 10.6 Å². The van der Waals surface area contributed by atoms with Crippen LogP contribution in [0.5, 0.6) is 0 Å². The maximum absolute atomic E-state index is 3.68. The Bertz CT molecular complexity index is 669. The van der Waals surface area contributed by atoms with Gasteiger partial charge in [0, 0.05) is 28.6 Å². The standard InChI is InChI=1S/C18H20N2S/c1-14(2)18(17-9-6-12-21-17)19-15-7-5-8-16(13-15)20-10-3-4-11-20/h3-14,18-19H,1-2H3. The molecule has 0 radical (unpaired) electrons. The summed E-state index contributed by atoms with van der Waals surface area (Å²) in [6.07, 6.45) is 4.14. The minimum Gasteiger partial charge on any atom is -0.377 e. The SMILES string of the molecule is CC(C)C(Nc1cccc(-n2cccc2)c1)c1cccs1. The normalized spacial score (nSPS) is 12.5. The third-order valence-electron chi connectivity index (χ3n) is 3.59. The van der Waals surface area contributed by atoms with Crippen LogP contribution in [0, 0.1) is 5.92 Å². The molecule has 0 aliphatic heterocycles. The molecule has 0 amide bonds. The van der Waals surface area contributed by atoms with Crippen LogP contribution in [0.3, 0.4) is 0 Å². The molecule has 21 heavy (non-hydrogen) atoms. The fourth-order valence-electron chi connectivity index (χ4n) is 2.48. The van der Waals surface area contributed by atoms with Gasteiger partial charge in [-0.1, -0.05) is 26.0 Å². The van der Waals surface area contributed by atoms with Crippen molar-refractivity contribution in [2.24, 2.45) is 5.92 Å². The molecule has 2 aromatic heterocycles. The van der Waals surface area contributed by atoms with Gasteiger partial charge in [0.15, 0.2) is 0 Å². The molecule has 0 saturated carbocycles. The average molecular weight is 296 g/mol. The van der Waals surface area contributed by atoms with Gasteiger partial charge in [0.25, 0.3) is 0 Å². The highest BCUT2D eigenvalue weighted by molar-refractivity contribution is 7.10. The molecule has 2 nitrogen and oxygen atoms in total. The molecule has 0 spiro atoms. The molecule has 0 fully saturated rings. The van der Waals surface area contributed by atoms with E-state index in [0.29, 0.717) is 12.0 Å². The molecule has 2 heterocycles. The summed E-state index contributed by atoms with van der Waals surface area (Å²) in [7, 11) is 0. The summed E-state index contributed by atoms with van der Waals surface area (Å²) in [5.41, 5.74) is 2.34. The van der Waals surface area contributed by atoms with Gasteiger partial charge in [-0.25, -0.2) is 0 Å². The smallest absolute Gasteiger partial charge is 0.0629 e. The van der Waals surface area contributed by atoms with Crippen molar-refractivity contribution in [3.05, 3.63) is 71.2 Å². The van der Waals surface area contributed by atoms with E-state index in [4.69, 9.17) is 0 Å². The van der Waals surface area contributed by atoms with Crippen LogP contribution in [0.4, 0.5) is 5.69 Å². The number of nitrogens with zero attached hydrogens (tertiary/aromatic N) is 1. The maximum atomic E-state index is 3.68. The molecule has 1 unspecified atom stereocenters. The van der Waals surface area contributed by atoms with E-state index >= 15 is 0 Å². The second kappa shape index (κ2) is 6.19. The van der Waals surface area contributed by atoms with Gasteiger partial charge in [-0.3, -0.25) is 0 Å². The molecule has 3 aromatic rings. The third-order valence-corrected chi connectivity index (χ3v) is 4.54. The van der Waals surface area contributed by atoms with Gasteiger partial charge < -0.3 is 9.88 Å². The Hall–Kier alpha value is -2.00. The average Bonchev–Trinajstić information content (AvgIpc) is 3.18. The summed E-state index contributed by atoms with van der Waals surface area (Å²) in [6, 6.07) is 17.3. The lowest BCUT2D eigenvalue weighted by Gasteiger charge is -2.23. The van der Waals surface area contributed by atoms with Crippen LogP contribution in [0.2, 0.25) is 0 Å². The first-order valence-electron chi connectivity index (χ1n) is 7.27. The summed E-state index contributed by atoms with van der Waals surface area (Å²) in [5.74, 6) is 0.541. The highest BCUT2D eigenvalue weighted by Crippen LogP contribution is 2.30. The molecule has 0 saturated heterocycles. The van der Waals surface area contributed by atoms with Gasteiger partial charge in [0.05, 0.1) is 6.04 Å². The zero-order chi connectivity index (χ0) is 14.7. The molecule has 0 bridgehead atoms. The second-order valence-electron chi connectivity index (χ2n) is 5.52. The van der Waals surface area contributed by atoms with E-state index in [0.717, 1.165) is 5.69 Å². The van der Waals surface area contributed by atoms with Crippen LogP contribution >= 0.6 is 11.3 Å². The molecule has 1 atom stereocenters. The molecular weight excluding hydrogens is 276 g/mol. The van der Waals surface area contributed by atoms with Crippen molar-refractivity contribution < 1.29 is 0 Å². The minimum absolute atomic E-state index is 0.352. The number of hydrogen-bond acceptors (Lipinski definition) is 2. The van der Waals surface area contributed by atoms with Gasteiger partial charge in [-0.05, 0) is 47.7 Å². The summed E-state index contributed by atoms with van der Waals surface area (Å²) in [4.78, 5) is 1.39. The summed E-state index contributed by atoms with van der Waals surface area (Å²) < 4.78 is 2.13. The lowest BCUT2D eigenvalue weighted by atomic mass is 10.0. The number of benzene rings is 1. The lowest BCUT2D eigenvalue weighted by Crippen LogP contribution is -2.15. The predicted octanol–water partition coefficient (Wildman–Crippen LogP) is 5.35. The Kier molecular flexibility index (Phi) is 4.11. The number of hydrogen-bond donors (Lipinski definition) is 1. The topological polar surface area (TPSA) is 17.0 Å². The monoisotopic (exact) mass is 296 g/mol. The molecule has 1 N–H and O–H groups in total. The van der Waals surface area contributed by atoms with Crippen molar-refractivity contribution in [3.63, 3.8) is 0 Å². The molecule has 3 rings (SSSR count). The summed E-state index contributed by atoms with van der Waals surface area (Å²) in [5, 5.41) is 5.82. The van der Waals surface area contributed by atoms with E-state index in [9.17, 15) is 0 Å². The first kappa shape index (κ1) is 14.0. The molecule has 0 aliphatic carbocycles. The van der Waals surface area contributed by atoms with Gasteiger partial charge in [0.2, 0.25) is 0 Å². The maximum Gasteiger partial charge on any atom is 0.0629 e. The van der Waals surface area contributed by atoms with Crippen molar-refractivity contribution in [1.29, 1.82) is 0 Å². The highest BCUT2D eigenvalue weighted by Gasteiger charge is 2.16. The van der Waals surface area contributed by atoms with Crippen molar-refractivity contribution in [2.75, 3.05) is 5.32 Å². The largest absolute Gasteiger partial charge is 0.377 e. The Morgan fingerprint density at radius 1 is 1.00 bits per heavy atom. The first-order chi connectivity index (χ1) is 10.2. The fraction of sp³-hybridized carbons (Fsp3) is 0.222. The van der Waals surface area contributed by atoms with Crippen molar-refractivity contribution >= 4 is 17.0 Å². The van der Waals surface area contributed by atoms with Crippen LogP contribution in [0.25, 0.3) is 5.69 Å². The Labute approximate surface area is 130 Å². The molecule has 108 valence electrons. The van der Waals surface area contributed by atoms with E-state index in [1.54, 1.807) is 0 Å². The number of aromatic nitrogens is 1. The van der Waals surface area contributed by atoms with E-state index < -0.39 is 0 Å². The Morgan fingerprint density at radius 3 is 2.48 bits per heavy atom. The quantitative estimate of drug-likeness (QED) is 0.671. The first-order valence-corrected chi connectivity index (χ1v) is 8.15. The van der Waals surface area contributed by atoms with Crippen LogP contribution in [0.15, 0.2) is 66.3 Å². The molecular formula is C18H20N2S. The van der Waals surface area contributed by atoms with Crippen LogP contribution in [-0.2, 0) is 0 Å². The van der Waals surface area contributed by atoms with Crippen molar-refractivity contribution in [2.45, 2.75) is 19.9 Å². The van der Waals surface area contributed by atoms with Crippen molar-refractivity contribution in [3.8, 4) is 5.69 Å². The Balaban J connectivity index is 1.85. The fourth-order valence-corrected chi connectivity index (χ4v) is 3.43. The van der Waals surface area contributed by atoms with E-state index in [1.807, 2.05) is 23.5 Å². The van der Waals surface area contributed by atoms with Gasteiger partial charge in [-0.15, -0.1) is 11.3 Å². The van der Waals surface area contributed by atoms with E-state index in [2.05, 4.69) is 77.9 Å². The number of nitrogens with one attached hydrogen (secondary N) is 1. The van der Waals surface area contributed by atoms with Crippen molar-refractivity contribution in [1.82, 2.24) is 4.57 Å². The zero-order valence-electron chi connectivity index (χ0n) is 12.4. The molecule has 0 aliphatic rings. The highest BCUT2D eigenvalue weighted by atomic mass is 32.1. The van der Waals surface area contributed by atoms with E-state index in [-0.39, 0.29) is 0 Å². The molecule has 1 aromatic carbocycles. The summed E-state index contributed by atoms with van der Waals surface area (Å²) in [6.45, 7) is 4.51. The minimum atomic E-state index is 0.352. The Morgan fingerprint density at radius 2 is 1.81 bits per heavy atom. The third kappa shape index (κ3) is 3.19. The van der Waals surface area contributed by atoms with Gasteiger partial charge >= 0.3 is 0 Å². The predicted molar refractivity (Wildman–Crippen MR) is 91.3 cm³/mol. The lowest BCUT2D eigenvalue weighted by molar-refractivity contribution is 0.554. The molecule has 3 heteroatoms. The van der Waals surface area contributed by atoms with Crippen LogP contribution in [0.1, 0.15) is 24.8 Å².